The molecule has 12 heteroatoms. The number of amides is 1. The van der Waals surface area contributed by atoms with Crippen molar-refractivity contribution >= 4 is 44.6 Å². The van der Waals surface area contributed by atoms with Crippen LogP contribution in [0.2, 0.25) is 0 Å². The Hall–Kier alpha value is -3.64. The van der Waals surface area contributed by atoms with Gasteiger partial charge in [-0.05, 0) is 35.3 Å². The highest BCUT2D eigenvalue weighted by Crippen LogP contribution is 2.37. The van der Waals surface area contributed by atoms with Gasteiger partial charge >= 0.3 is 6.09 Å². The van der Waals surface area contributed by atoms with E-state index in [1.807, 2.05) is 19.3 Å². The lowest BCUT2D eigenvalue weighted by atomic mass is 10.1. The monoisotopic (exact) mass is 542 g/mol. The van der Waals surface area contributed by atoms with Gasteiger partial charge in [-0.1, -0.05) is 0 Å². The summed E-state index contributed by atoms with van der Waals surface area (Å²) in [5.74, 6) is -0.554. The summed E-state index contributed by atoms with van der Waals surface area (Å²) in [5.41, 5.74) is 2.24. The maximum Gasteiger partial charge on any atom is 0.414 e. The Bertz CT molecular complexity index is 1350. The number of furan rings is 1. The van der Waals surface area contributed by atoms with Crippen molar-refractivity contribution in [2.24, 2.45) is 7.05 Å². The second-order valence-electron chi connectivity index (χ2n) is 7.53. The summed E-state index contributed by atoms with van der Waals surface area (Å²) in [6, 6.07) is 1.82. The average Bonchev–Trinajstić information content (AvgIpc) is 3.45. The van der Waals surface area contributed by atoms with Gasteiger partial charge in [0.2, 0.25) is 17.3 Å². The molecule has 182 valence electrons. The fourth-order valence-electron chi connectivity index (χ4n) is 3.54. The number of ketones is 1. The highest BCUT2D eigenvalue weighted by atomic mass is 79.9. The maximum atomic E-state index is 13.5. The molecule has 1 amide bonds. The number of halogens is 1. The number of hydrogen-bond donors (Lipinski definition) is 0. The van der Waals surface area contributed by atoms with Crippen LogP contribution in [-0.4, -0.2) is 63.5 Å². The third-order valence-corrected chi connectivity index (χ3v) is 5.54. The van der Waals surface area contributed by atoms with Crippen LogP contribution in [-0.2, 0) is 16.5 Å². The van der Waals surface area contributed by atoms with Gasteiger partial charge in [0.05, 0.1) is 23.8 Å². The smallest absolute Gasteiger partial charge is 0.414 e. The molecule has 35 heavy (non-hydrogen) atoms. The third kappa shape index (κ3) is 5.23. The third-order valence-electron chi connectivity index (χ3n) is 5.14. The van der Waals surface area contributed by atoms with Crippen molar-refractivity contribution in [2.45, 2.75) is 13.3 Å². The summed E-state index contributed by atoms with van der Waals surface area (Å²) >= 11 is 3.17. The Labute approximate surface area is 209 Å². The number of aryl methyl sites for hydroxylation is 1. The van der Waals surface area contributed by atoms with Gasteiger partial charge in [0.1, 0.15) is 5.69 Å². The van der Waals surface area contributed by atoms with Gasteiger partial charge in [-0.15, -0.1) is 0 Å². The van der Waals surface area contributed by atoms with E-state index < -0.39 is 11.9 Å². The van der Waals surface area contributed by atoms with Gasteiger partial charge in [-0.2, -0.15) is 5.10 Å². The zero-order valence-corrected chi connectivity index (χ0v) is 21.0. The van der Waals surface area contributed by atoms with E-state index in [4.69, 9.17) is 13.9 Å². The number of carbonyl (C=O) groups is 2. The summed E-state index contributed by atoms with van der Waals surface area (Å²) in [6.07, 6.45) is 7.83. The number of fused-ring (bicyclic) bond motifs is 1. The SMILES string of the molecule is CCOC(=O)N(CCCOC)c1c(C(=O)c2cnc(Br)nc2)oc2ncc(-c3cnn(C)c3)cc12. The molecule has 4 aromatic heterocycles. The predicted molar refractivity (Wildman–Crippen MR) is 130 cm³/mol. The summed E-state index contributed by atoms with van der Waals surface area (Å²) in [6.45, 7) is 2.52. The van der Waals surface area contributed by atoms with Crippen LogP contribution in [0.1, 0.15) is 29.5 Å². The first kappa shape index (κ1) is 24.5. The second-order valence-corrected chi connectivity index (χ2v) is 8.24. The molecule has 0 fully saturated rings. The Kier molecular flexibility index (Phi) is 7.51. The van der Waals surface area contributed by atoms with Gasteiger partial charge in [-0.3, -0.25) is 14.4 Å². The molecular weight excluding hydrogens is 520 g/mol. The van der Waals surface area contributed by atoms with Crippen molar-refractivity contribution in [3.05, 3.63) is 53.1 Å². The first-order valence-corrected chi connectivity index (χ1v) is 11.6. The molecule has 0 aliphatic rings. The number of anilines is 1. The largest absolute Gasteiger partial charge is 0.449 e. The van der Waals surface area contributed by atoms with E-state index in [9.17, 15) is 9.59 Å². The summed E-state index contributed by atoms with van der Waals surface area (Å²) in [7, 11) is 3.39. The molecule has 4 rings (SSSR count). The Morgan fingerprint density at radius 3 is 2.57 bits per heavy atom. The van der Waals surface area contributed by atoms with Crippen molar-refractivity contribution in [1.82, 2.24) is 24.7 Å². The maximum absolute atomic E-state index is 13.5. The first-order valence-electron chi connectivity index (χ1n) is 10.8. The molecule has 0 bridgehead atoms. The quantitative estimate of drug-likeness (QED) is 0.175. The van der Waals surface area contributed by atoms with Crippen LogP contribution in [0, 0.1) is 0 Å². The molecule has 0 atom stereocenters. The summed E-state index contributed by atoms with van der Waals surface area (Å²) < 4.78 is 18.4. The second kappa shape index (κ2) is 10.7. The molecule has 0 aliphatic heterocycles. The molecule has 0 N–H and O–H groups in total. The fraction of sp³-hybridized carbons (Fsp3) is 0.304. The van der Waals surface area contributed by atoms with Crippen LogP contribution in [0.25, 0.3) is 22.2 Å². The van der Waals surface area contributed by atoms with E-state index >= 15 is 0 Å². The topological polar surface area (TPSA) is 125 Å². The Morgan fingerprint density at radius 2 is 1.91 bits per heavy atom. The molecule has 4 heterocycles. The molecule has 0 saturated carbocycles. The van der Waals surface area contributed by atoms with Gasteiger partial charge in [0, 0.05) is 63.2 Å². The minimum absolute atomic E-state index is 0.0628. The molecule has 0 aromatic carbocycles. The van der Waals surface area contributed by atoms with Crippen molar-refractivity contribution in [1.29, 1.82) is 0 Å². The highest BCUT2D eigenvalue weighted by molar-refractivity contribution is 9.10. The minimum atomic E-state index is -0.612. The van der Waals surface area contributed by atoms with Crippen molar-refractivity contribution < 1.29 is 23.5 Å². The molecular formula is C23H23BrN6O5. The number of carbonyl (C=O) groups excluding carboxylic acids is 2. The van der Waals surface area contributed by atoms with E-state index in [1.165, 1.54) is 17.3 Å². The molecule has 0 spiro atoms. The Balaban J connectivity index is 1.90. The molecule has 0 aliphatic carbocycles. The minimum Gasteiger partial charge on any atom is -0.449 e. The van der Waals surface area contributed by atoms with E-state index in [-0.39, 0.29) is 35.9 Å². The lowest BCUT2D eigenvalue weighted by Crippen LogP contribution is -2.34. The van der Waals surface area contributed by atoms with Crippen LogP contribution in [0.15, 0.2) is 46.2 Å². The molecule has 11 nitrogen and oxygen atoms in total. The number of aromatic nitrogens is 5. The van der Waals surface area contributed by atoms with Crippen molar-refractivity contribution in [3.8, 4) is 11.1 Å². The van der Waals surface area contributed by atoms with E-state index in [1.54, 1.807) is 31.1 Å². The van der Waals surface area contributed by atoms with Crippen LogP contribution < -0.4 is 4.90 Å². The lowest BCUT2D eigenvalue weighted by molar-refractivity contribution is 0.101. The van der Waals surface area contributed by atoms with Crippen molar-refractivity contribution in [3.63, 3.8) is 0 Å². The predicted octanol–water partition coefficient (Wildman–Crippen LogP) is 4.01. The van der Waals surface area contributed by atoms with E-state index in [0.717, 1.165) is 11.1 Å². The number of rotatable bonds is 9. The van der Waals surface area contributed by atoms with Gasteiger partial charge in [0.15, 0.2) is 4.73 Å². The number of methoxy groups -OCH3 is 1. The van der Waals surface area contributed by atoms with Gasteiger partial charge in [0.25, 0.3) is 0 Å². The van der Waals surface area contributed by atoms with Gasteiger partial charge in [-0.25, -0.2) is 19.7 Å². The molecule has 0 unspecified atom stereocenters. The van der Waals surface area contributed by atoms with Gasteiger partial charge < -0.3 is 13.9 Å². The number of nitrogens with zero attached hydrogens (tertiary/aromatic N) is 6. The average molecular weight is 543 g/mol. The number of ether oxygens (including phenoxy) is 2. The highest BCUT2D eigenvalue weighted by Gasteiger charge is 2.31. The molecule has 4 aromatic rings. The summed E-state index contributed by atoms with van der Waals surface area (Å²) in [5, 5.41) is 4.69. The normalized spacial score (nSPS) is 11.1. The van der Waals surface area contributed by atoms with E-state index in [0.29, 0.717) is 23.1 Å². The van der Waals surface area contributed by atoms with Crippen LogP contribution in [0.3, 0.4) is 0 Å². The van der Waals surface area contributed by atoms with Crippen LogP contribution in [0.4, 0.5) is 10.5 Å². The zero-order valence-electron chi connectivity index (χ0n) is 19.4. The number of pyridine rings is 1. The standard InChI is InChI=1S/C23H23BrN6O5/c1-4-34-23(32)30(6-5-7-33-3)18-17-8-14(16-12-28-29(2)13-16)9-25-21(17)35-20(18)19(31)15-10-26-22(24)27-11-15/h8-13H,4-7H2,1-3H3. The fourth-order valence-corrected chi connectivity index (χ4v) is 3.75. The number of hydrogen-bond acceptors (Lipinski definition) is 9. The lowest BCUT2D eigenvalue weighted by Gasteiger charge is -2.22. The summed E-state index contributed by atoms with van der Waals surface area (Å²) in [4.78, 5) is 40.4. The van der Waals surface area contributed by atoms with Crippen LogP contribution in [0.5, 0.6) is 0 Å². The molecule has 0 saturated heterocycles. The van der Waals surface area contributed by atoms with Crippen molar-refractivity contribution in [2.75, 3.05) is 31.8 Å². The Morgan fingerprint density at radius 1 is 1.14 bits per heavy atom. The molecule has 0 radical (unpaired) electrons. The first-order chi connectivity index (χ1) is 16.9. The zero-order chi connectivity index (χ0) is 24.9. The van der Waals surface area contributed by atoms with Crippen LogP contribution >= 0.6 is 15.9 Å². The van der Waals surface area contributed by atoms with E-state index in [2.05, 4.69) is 36.0 Å².